The molecule has 7 nitrogen and oxygen atoms in total. The first kappa shape index (κ1) is 19.0. The number of benzene rings is 1. The summed E-state index contributed by atoms with van der Waals surface area (Å²) in [6.07, 6.45) is -4.52. The highest BCUT2D eigenvalue weighted by molar-refractivity contribution is 5.83. The molecule has 0 spiro atoms. The molecule has 0 heterocycles. The predicted octanol–water partition coefficient (Wildman–Crippen LogP) is -0.379. The quantitative estimate of drug-likeness (QED) is 0.632. The Morgan fingerprint density at radius 1 is 1.19 bits per heavy atom. The largest absolute Gasteiger partial charge is 0.547 e. The van der Waals surface area contributed by atoms with Crippen LogP contribution in [0.2, 0.25) is 0 Å². The normalized spacial score (nSPS) is 13.8. The minimum atomic E-state index is -2.32. The maximum Gasteiger partial charge on any atom is 0.339 e. The van der Waals surface area contributed by atoms with E-state index in [4.69, 9.17) is 9.84 Å². The van der Waals surface area contributed by atoms with Crippen LogP contribution >= 0.6 is 0 Å². The van der Waals surface area contributed by atoms with Gasteiger partial charge in [-0.1, -0.05) is 24.3 Å². The van der Waals surface area contributed by atoms with Gasteiger partial charge in [0.2, 0.25) is 0 Å². The average molecular weight is 299 g/mol. The zero-order valence-corrected chi connectivity index (χ0v) is 12.5. The third-order valence-corrected chi connectivity index (χ3v) is 2.93. The molecule has 1 aromatic carbocycles. The van der Waals surface area contributed by atoms with Crippen LogP contribution in [0.25, 0.3) is 0 Å². The molecule has 0 aliphatic heterocycles. The number of quaternary nitrogens is 1. The molecular formula is C14H21NO6. The Balaban J connectivity index is 0.00000400. The maximum atomic E-state index is 11.7. The monoisotopic (exact) mass is 299 g/mol. The van der Waals surface area contributed by atoms with E-state index >= 15 is 0 Å². The number of carbonyl (C=O) groups excluding carboxylic acids is 2. The molecule has 0 aliphatic carbocycles. The molecule has 6 N–H and O–H groups in total. The first-order valence-electron chi connectivity index (χ1n) is 6.03. The minimum absolute atomic E-state index is 0. The molecule has 0 bridgehead atoms. The highest BCUT2D eigenvalue weighted by Gasteiger charge is 2.33. The van der Waals surface area contributed by atoms with E-state index < -0.39 is 29.7 Å². The summed E-state index contributed by atoms with van der Waals surface area (Å²) in [7, 11) is 0. The van der Waals surface area contributed by atoms with E-state index in [1.165, 1.54) is 0 Å². The Morgan fingerprint density at radius 3 is 2.19 bits per heavy atom. The lowest BCUT2D eigenvalue weighted by Gasteiger charge is -2.29. The van der Waals surface area contributed by atoms with Gasteiger partial charge < -0.3 is 31.0 Å². The molecule has 21 heavy (non-hydrogen) atoms. The number of rotatable bonds is 5. The third kappa shape index (κ3) is 4.52. The van der Waals surface area contributed by atoms with Crippen LogP contribution in [0.15, 0.2) is 24.3 Å². The molecule has 0 saturated carbocycles. The molecular weight excluding hydrogens is 278 g/mol. The number of hydrogen-bond donors (Lipinski definition) is 3. The number of ether oxygens (including phenoxy) is 1. The zero-order valence-electron chi connectivity index (χ0n) is 12.5. The van der Waals surface area contributed by atoms with E-state index in [0.717, 1.165) is 5.56 Å². The van der Waals surface area contributed by atoms with Crippen molar-refractivity contribution >= 4 is 11.9 Å². The Labute approximate surface area is 122 Å². The summed E-state index contributed by atoms with van der Waals surface area (Å²) in [5.41, 5.74) is 0.512. The molecule has 0 aromatic heterocycles. The standard InChI is InChI=1S/C14H18O6.H3N/c1-8-6-4-5-7-9(8)14(2,3)20-13(19)11(16)10(15)12(17)18;/h4-7,10-11,15-16H,1-3H3,(H,17,18);1H3. The number of carbonyl (C=O) groups is 2. The number of carboxylic acids is 1. The van der Waals surface area contributed by atoms with Crippen molar-refractivity contribution in [3.8, 4) is 0 Å². The number of esters is 1. The second kappa shape index (κ2) is 7.16. The van der Waals surface area contributed by atoms with Crippen molar-refractivity contribution in [3.05, 3.63) is 35.4 Å². The van der Waals surface area contributed by atoms with Crippen LogP contribution in [-0.4, -0.2) is 34.4 Å². The van der Waals surface area contributed by atoms with Crippen LogP contribution in [0.5, 0.6) is 0 Å². The summed E-state index contributed by atoms with van der Waals surface area (Å²) < 4.78 is 5.10. The minimum Gasteiger partial charge on any atom is -0.547 e. The van der Waals surface area contributed by atoms with Crippen molar-refractivity contribution in [2.24, 2.45) is 0 Å². The molecule has 0 saturated heterocycles. The van der Waals surface area contributed by atoms with Crippen LogP contribution < -0.4 is 11.3 Å². The van der Waals surface area contributed by atoms with Crippen molar-refractivity contribution in [1.82, 2.24) is 6.15 Å². The summed E-state index contributed by atoms with van der Waals surface area (Å²) in [5.74, 6) is -3.17. The van der Waals surface area contributed by atoms with Crippen LogP contribution in [0, 0.1) is 6.92 Å². The van der Waals surface area contributed by atoms with Gasteiger partial charge in [0, 0.05) is 0 Å². The first-order chi connectivity index (χ1) is 9.16. The molecule has 1 aromatic rings. The van der Waals surface area contributed by atoms with Gasteiger partial charge in [-0.25, -0.2) is 4.79 Å². The molecule has 2 unspecified atom stereocenters. The van der Waals surface area contributed by atoms with Crippen LogP contribution in [0.4, 0.5) is 0 Å². The van der Waals surface area contributed by atoms with E-state index in [1.54, 1.807) is 26.0 Å². The lowest BCUT2D eigenvalue weighted by Crippen LogP contribution is -2.48. The smallest absolute Gasteiger partial charge is 0.339 e. The molecule has 1 rings (SSSR count). The molecule has 0 fully saturated rings. The van der Waals surface area contributed by atoms with Gasteiger partial charge in [-0.05, 0) is 31.9 Å². The number of aryl methyl sites for hydroxylation is 1. The third-order valence-electron chi connectivity index (χ3n) is 2.93. The van der Waals surface area contributed by atoms with E-state index in [2.05, 4.69) is 0 Å². The maximum absolute atomic E-state index is 11.7. The van der Waals surface area contributed by atoms with Gasteiger partial charge in [-0.2, -0.15) is 0 Å². The fraction of sp³-hybridized carbons (Fsp3) is 0.429. The molecule has 0 radical (unpaired) electrons. The summed E-state index contributed by atoms with van der Waals surface area (Å²) in [6.45, 7) is 5.04. The van der Waals surface area contributed by atoms with Crippen LogP contribution in [0.1, 0.15) is 25.0 Å². The van der Waals surface area contributed by atoms with E-state index in [1.807, 2.05) is 19.1 Å². The van der Waals surface area contributed by atoms with Crippen LogP contribution in [-0.2, 0) is 19.9 Å². The summed E-state index contributed by atoms with van der Waals surface area (Å²) in [5, 5.41) is 28.9. The van der Waals surface area contributed by atoms with Gasteiger partial charge in [0.25, 0.3) is 0 Å². The van der Waals surface area contributed by atoms with Crippen molar-refractivity contribution in [1.29, 1.82) is 0 Å². The summed E-state index contributed by atoms with van der Waals surface area (Å²) >= 11 is 0. The summed E-state index contributed by atoms with van der Waals surface area (Å²) in [4.78, 5) is 22.1. The number of aliphatic carboxylic acids is 1. The predicted molar refractivity (Wildman–Crippen MR) is 73.3 cm³/mol. The van der Waals surface area contributed by atoms with Gasteiger partial charge in [0.05, 0.1) is 5.97 Å². The Bertz CT molecular complexity index is 514. The van der Waals surface area contributed by atoms with Crippen molar-refractivity contribution in [3.63, 3.8) is 0 Å². The van der Waals surface area contributed by atoms with E-state index in [-0.39, 0.29) is 6.15 Å². The van der Waals surface area contributed by atoms with Gasteiger partial charge in [0.15, 0.2) is 6.10 Å². The van der Waals surface area contributed by atoms with Gasteiger partial charge in [-0.15, -0.1) is 0 Å². The van der Waals surface area contributed by atoms with Gasteiger partial charge >= 0.3 is 5.97 Å². The van der Waals surface area contributed by atoms with Gasteiger partial charge in [-0.3, -0.25) is 0 Å². The number of aliphatic hydroxyl groups excluding tert-OH is 2. The molecule has 2 atom stereocenters. The Kier molecular flexibility index (Phi) is 6.50. The lowest BCUT2D eigenvalue weighted by atomic mass is 9.93. The average Bonchev–Trinajstić information content (AvgIpc) is 2.36. The second-order valence-electron chi connectivity index (χ2n) is 4.96. The Hall–Kier alpha value is -1.96. The topological polar surface area (TPSA) is 143 Å². The van der Waals surface area contributed by atoms with Crippen molar-refractivity contribution in [2.45, 2.75) is 38.6 Å². The molecule has 0 aliphatic rings. The number of aliphatic hydroxyl groups is 2. The highest BCUT2D eigenvalue weighted by atomic mass is 16.6. The Morgan fingerprint density at radius 2 is 1.71 bits per heavy atom. The first-order valence-corrected chi connectivity index (χ1v) is 6.03. The number of hydrogen-bond acceptors (Lipinski definition) is 6. The fourth-order valence-corrected chi connectivity index (χ4v) is 1.87. The van der Waals surface area contributed by atoms with Crippen molar-refractivity contribution < 1.29 is 29.6 Å². The summed E-state index contributed by atoms with van der Waals surface area (Å²) in [6, 6.07) is 7.18. The fourth-order valence-electron chi connectivity index (χ4n) is 1.87. The second-order valence-corrected chi connectivity index (χ2v) is 4.96. The van der Waals surface area contributed by atoms with Crippen molar-refractivity contribution in [2.75, 3.05) is 0 Å². The van der Waals surface area contributed by atoms with Crippen LogP contribution in [0.3, 0.4) is 0 Å². The molecule has 7 heteroatoms. The number of carboxylic acid groups (broad SMARTS) is 1. The highest BCUT2D eigenvalue weighted by Crippen LogP contribution is 2.28. The molecule has 0 amide bonds. The zero-order chi connectivity index (χ0) is 15.5. The lowest BCUT2D eigenvalue weighted by molar-refractivity contribution is -0.318. The molecule has 118 valence electrons. The SMILES string of the molecule is Cc1ccccc1C(C)(C)OC(=O)C(O)C(O)C(=O)[O-].[NH4+]. The van der Waals surface area contributed by atoms with E-state index in [0.29, 0.717) is 5.56 Å². The van der Waals surface area contributed by atoms with Gasteiger partial charge in [0.1, 0.15) is 11.7 Å². The van der Waals surface area contributed by atoms with E-state index in [9.17, 15) is 19.8 Å².